The summed E-state index contributed by atoms with van der Waals surface area (Å²) in [6, 6.07) is 7.53. The fourth-order valence-corrected chi connectivity index (χ4v) is 3.95. The van der Waals surface area contributed by atoms with Crippen molar-refractivity contribution in [3.05, 3.63) is 80.1 Å². The van der Waals surface area contributed by atoms with Crippen LogP contribution < -0.4 is 0 Å². The molecule has 202 valence electrons. The average Bonchev–Trinajstić information content (AvgIpc) is 3.47. The van der Waals surface area contributed by atoms with Crippen molar-refractivity contribution in [2.75, 3.05) is 0 Å². The Labute approximate surface area is 228 Å². The van der Waals surface area contributed by atoms with E-state index >= 15 is 0 Å². The van der Waals surface area contributed by atoms with Crippen LogP contribution in [0.5, 0.6) is 11.5 Å². The number of aryl methyl sites for hydroxylation is 2. The summed E-state index contributed by atoms with van der Waals surface area (Å²) >= 11 is 0. The molecule has 0 fully saturated rings. The molecule has 0 atom stereocenters. The van der Waals surface area contributed by atoms with Gasteiger partial charge in [-0.15, -0.1) is 0 Å². The minimum absolute atomic E-state index is 0.122. The van der Waals surface area contributed by atoms with Gasteiger partial charge in [0.05, 0.1) is 32.1 Å². The number of hydrogen-bond acceptors (Lipinski definition) is 8. The topological polar surface area (TPSA) is 162 Å². The van der Waals surface area contributed by atoms with Crippen LogP contribution in [0.15, 0.2) is 48.8 Å². The number of aromatic nitrogens is 4. The summed E-state index contributed by atoms with van der Waals surface area (Å²) in [5, 5.41) is 51.4. The summed E-state index contributed by atoms with van der Waals surface area (Å²) in [7, 11) is 3.41. The second kappa shape index (κ2) is 11.8. The van der Waals surface area contributed by atoms with Crippen LogP contribution in [0, 0.1) is 43.9 Å². The lowest BCUT2D eigenvalue weighted by Crippen LogP contribution is -1.91. The maximum Gasteiger partial charge on any atom is 0.270 e. The molecule has 0 amide bonds. The van der Waals surface area contributed by atoms with Gasteiger partial charge >= 0.3 is 0 Å². The van der Waals surface area contributed by atoms with Gasteiger partial charge in [0.1, 0.15) is 22.9 Å². The van der Waals surface area contributed by atoms with E-state index in [0.717, 1.165) is 12.8 Å². The van der Waals surface area contributed by atoms with Crippen LogP contribution in [0.25, 0.3) is 22.5 Å². The molecule has 2 N–H and O–H groups in total. The highest BCUT2D eigenvalue weighted by molar-refractivity contribution is 5.75. The van der Waals surface area contributed by atoms with E-state index < -0.39 is 9.85 Å². The summed E-state index contributed by atoms with van der Waals surface area (Å²) in [4.78, 5) is 21.2. The van der Waals surface area contributed by atoms with Crippen molar-refractivity contribution in [1.82, 2.24) is 19.6 Å². The lowest BCUT2D eigenvalue weighted by molar-refractivity contribution is -0.385. The Hall–Kier alpha value is -5.62. The van der Waals surface area contributed by atoms with Crippen LogP contribution in [0.2, 0.25) is 0 Å². The Morgan fingerprint density at radius 3 is 1.52 bits per heavy atom. The van der Waals surface area contributed by atoms with Gasteiger partial charge in [0.25, 0.3) is 11.4 Å². The first-order valence-corrected chi connectivity index (χ1v) is 12.1. The zero-order valence-corrected chi connectivity index (χ0v) is 21.7. The van der Waals surface area contributed by atoms with E-state index in [-0.39, 0.29) is 34.0 Å². The van der Waals surface area contributed by atoms with E-state index in [9.17, 15) is 30.4 Å². The second-order valence-corrected chi connectivity index (χ2v) is 8.86. The molecule has 0 saturated carbocycles. The van der Waals surface area contributed by atoms with Gasteiger partial charge in [-0.05, 0) is 25.0 Å². The van der Waals surface area contributed by atoms with Crippen LogP contribution in [-0.2, 0) is 14.1 Å². The highest BCUT2D eigenvalue weighted by Crippen LogP contribution is 2.34. The third-order valence-corrected chi connectivity index (χ3v) is 5.85. The summed E-state index contributed by atoms with van der Waals surface area (Å²) in [5.74, 6) is 12.0. The molecule has 12 nitrogen and oxygen atoms in total. The Morgan fingerprint density at radius 2 is 1.15 bits per heavy atom. The summed E-state index contributed by atoms with van der Waals surface area (Å²) in [6.07, 6.45) is 6.08. The molecule has 0 aliphatic carbocycles. The number of non-ortho nitro benzene ring substituents is 2. The Balaban J connectivity index is 1.39. The molecular formula is C28H24N6O6. The van der Waals surface area contributed by atoms with E-state index in [2.05, 4.69) is 33.9 Å². The maximum absolute atomic E-state index is 11.1. The third-order valence-electron chi connectivity index (χ3n) is 5.85. The molecule has 4 rings (SSSR count). The van der Waals surface area contributed by atoms with Crippen molar-refractivity contribution in [2.45, 2.75) is 25.7 Å². The minimum atomic E-state index is -0.535. The molecule has 2 aromatic heterocycles. The molecule has 0 bridgehead atoms. The van der Waals surface area contributed by atoms with Gasteiger partial charge in [0, 0.05) is 63.6 Å². The molecule has 4 aromatic rings. The molecule has 40 heavy (non-hydrogen) atoms. The van der Waals surface area contributed by atoms with Crippen LogP contribution in [0.3, 0.4) is 0 Å². The molecule has 0 aliphatic heterocycles. The number of benzene rings is 2. The quantitative estimate of drug-likeness (QED) is 0.148. The zero-order chi connectivity index (χ0) is 28.8. The van der Waals surface area contributed by atoms with E-state index in [4.69, 9.17) is 0 Å². The molecule has 0 radical (unpaired) electrons. The van der Waals surface area contributed by atoms with Crippen molar-refractivity contribution in [3.63, 3.8) is 0 Å². The smallest absolute Gasteiger partial charge is 0.270 e. The molecule has 12 heteroatoms. The Bertz CT molecular complexity index is 1600. The van der Waals surface area contributed by atoms with Crippen LogP contribution in [0.4, 0.5) is 11.4 Å². The average molecular weight is 541 g/mol. The largest absolute Gasteiger partial charge is 0.507 e. The van der Waals surface area contributed by atoms with Crippen LogP contribution >= 0.6 is 0 Å². The Kier molecular flexibility index (Phi) is 8.11. The normalized spacial score (nSPS) is 10.3. The summed E-state index contributed by atoms with van der Waals surface area (Å²) in [5.41, 5.74) is 1.99. The van der Waals surface area contributed by atoms with Gasteiger partial charge in [-0.25, -0.2) is 0 Å². The second-order valence-electron chi connectivity index (χ2n) is 8.86. The fraction of sp³-hybridized carbons (Fsp3) is 0.214. The Morgan fingerprint density at radius 1 is 0.750 bits per heavy atom. The summed E-state index contributed by atoms with van der Waals surface area (Å²) < 4.78 is 3.07. The molecule has 0 spiro atoms. The lowest BCUT2D eigenvalue weighted by Gasteiger charge is -2.02. The van der Waals surface area contributed by atoms with Crippen molar-refractivity contribution in [3.8, 4) is 57.7 Å². The van der Waals surface area contributed by atoms with Gasteiger partial charge in [-0.1, -0.05) is 23.7 Å². The van der Waals surface area contributed by atoms with E-state index in [1.807, 2.05) is 0 Å². The molecule has 0 saturated heterocycles. The lowest BCUT2D eigenvalue weighted by atomic mass is 10.1. The van der Waals surface area contributed by atoms with E-state index in [0.29, 0.717) is 35.4 Å². The summed E-state index contributed by atoms with van der Waals surface area (Å²) in [6.45, 7) is 0. The number of unbranched alkanes of at least 4 members (excludes halogenated alkanes) is 3. The first-order chi connectivity index (χ1) is 19.1. The molecule has 0 unspecified atom stereocenters. The first-order valence-electron chi connectivity index (χ1n) is 12.1. The zero-order valence-electron chi connectivity index (χ0n) is 21.7. The number of nitro benzene ring substituents is 2. The number of nitrogens with zero attached hydrogens (tertiary/aromatic N) is 6. The van der Waals surface area contributed by atoms with Gasteiger partial charge in [-0.2, -0.15) is 10.2 Å². The molecular weight excluding hydrogens is 516 g/mol. The number of nitro groups is 2. The number of phenols is 2. The standard InChI is InChI=1S/C28H24N6O6/c1-31-17-19(27(29-31)23-15-21(33(37)38)11-13-25(23)35)9-7-5-3-4-6-8-10-20-18-32(2)30-28(20)24-16-22(34(39)40)12-14-26(24)36/h11-18,35-36H,3-6H2,1-2H3. The predicted octanol–water partition coefficient (Wildman–Crippen LogP) is 4.68. The SMILES string of the molecule is Cn1cc(C#CCCCCC#Cc2cn(C)nc2-c2cc([N+](=O)[O-])ccc2O)c(-c2cc([N+](=O)[O-])ccc2O)n1. The molecule has 2 heterocycles. The number of rotatable bonds is 7. The van der Waals surface area contributed by atoms with Gasteiger partial charge in [0.15, 0.2) is 0 Å². The van der Waals surface area contributed by atoms with Crippen molar-refractivity contribution in [2.24, 2.45) is 14.1 Å². The molecule has 2 aromatic carbocycles. The number of phenolic OH excluding ortho intramolecular Hbond substituents is 2. The van der Waals surface area contributed by atoms with E-state index in [1.165, 1.54) is 45.8 Å². The van der Waals surface area contributed by atoms with Crippen LogP contribution in [-0.4, -0.2) is 39.6 Å². The molecule has 0 aliphatic rings. The predicted molar refractivity (Wildman–Crippen MR) is 146 cm³/mol. The third kappa shape index (κ3) is 6.26. The van der Waals surface area contributed by atoms with Gasteiger partial charge < -0.3 is 10.2 Å². The van der Waals surface area contributed by atoms with Crippen molar-refractivity contribution < 1.29 is 20.1 Å². The van der Waals surface area contributed by atoms with Gasteiger partial charge in [-0.3, -0.25) is 29.6 Å². The monoisotopic (exact) mass is 540 g/mol. The van der Waals surface area contributed by atoms with Gasteiger partial charge in [0.2, 0.25) is 0 Å². The number of hydrogen-bond donors (Lipinski definition) is 2. The van der Waals surface area contributed by atoms with E-state index in [1.54, 1.807) is 26.5 Å². The highest BCUT2D eigenvalue weighted by atomic mass is 16.6. The van der Waals surface area contributed by atoms with Crippen LogP contribution in [0.1, 0.15) is 36.8 Å². The maximum atomic E-state index is 11.1. The first kappa shape index (κ1) is 27.4. The van der Waals surface area contributed by atoms with Crippen molar-refractivity contribution >= 4 is 11.4 Å². The van der Waals surface area contributed by atoms with Crippen molar-refractivity contribution in [1.29, 1.82) is 0 Å². The number of aromatic hydroxyl groups is 2. The highest BCUT2D eigenvalue weighted by Gasteiger charge is 2.18. The fourth-order valence-electron chi connectivity index (χ4n) is 3.95. The minimum Gasteiger partial charge on any atom is -0.507 e.